The Bertz CT molecular complexity index is 751. The summed E-state index contributed by atoms with van der Waals surface area (Å²) >= 11 is 0. The molecule has 3 heterocycles. The summed E-state index contributed by atoms with van der Waals surface area (Å²) in [5.74, 6) is 2.54. The first kappa shape index (κ1) is 16.1. The van der Waals surface area contributed by atoms with Crippen LogP contribution in [-0.2, 0) is 4.74 Å². The fourth-order valence-corrected chi connectivity index (χ4v) is 2.61. The van der Waals surface area contributed by atoms with Crippen LogP contribution >= 0.6 is 0 Å². The van der Waals surface area contributed by atoms with Crippen LogP contribution < -0.4 is 15.4 Å². The molecule has 0 radical (unpaired) electrons. The van der Waals surface area contributed by atoms with Crippen molar-refractivity contribution in [3.05, 3.63) is 18.2 Å². The number of aromatic nitrogens is 3. The van der Waals surface area contributed by atoms with Crippen molar-refractivity contribution in [3.8, 4) is 17.3 Å². The summed E-state index contributed by atoms with van der Waals surface area (Å²) in [5, 5.41) is 0. The Labute approximate surface area is 140 Å². The SMILES string of the molecule is C=Nc1cc(N2CCOC[C@H]2C)nc(-c2cc(N)nc(OC)c2)n1. The number of hydrogen-bond acceptors (Lipinski definition) is 8. The van der Waals surface area contributed by atoms with Crippen molar-refractivity contribution >= 4 is 24.2 Å². The average molecular weight is 328 g/mol. The van der Waals surface area contributed by atoms with Gasteiger partial charge in [-0.25, -0.2) is 15.0 Å². The summed E-state index contributed by atoms with van der Waals surface area (Å²) in [5.41, 5.74) is 6.55. The van der Waals surface area contributed by atoms with Gasteiger partial charge in [-0.15, -0.1) is 0 Å². The Kier molecular flexibility index (Phi) is 4.57. The highest BCUT2D eigenvalue weighted by molar-refractivity contribution is 5.65. The fraction of sp³-hybridized carbons (Fsp3) is 0.375. The van der Waals surface area contributed by atoms with Crippen LogP contribution in [0.1, 0.15) is 6.92 Å². The molecule has 0 amide bonds. The summed E-state index contributed by atoms with van der Waals surface area (Å²) in [4.78, 5) is 19.3. The first-order valence-electron chi connectivity index (χ1n) is 7.63. The zero-order valence-corrected chi connectivity index (χ0v) is 13.8. The molecule has 1 saturated heterocycles. The number of methoxy groups -OCH3 is 1. The van der Waals surface area contributed by atoms with E-state index < -0.39 is 0 Å². The maximum Gasteiger partial charge on any atom is 0.215 e. The standard InChI is InChI=1S/C16H20N6O2/c1-10-9-24-5-4-22(10)14-8-13(18-2)20-16(21-14)11-6-12(17)19-15(7-11)23-3/h6-8,10H,2,4-5,9H2,1,3H3,(H2,17,19)/t10-/m1/s1. The van der Waals surface area contributed by atoms with E-state index in [4.69, 9.17) is 15.2 Å². The average Bonchev–Trinajstić information content (AvgIpc) is 2.61. The topological polar surface area (TPSA) is 98.8 Å². The maximum atomic E-state index is 5.84. The second-order valence-corrected chi connectivity index (χ2v) is 5.51. The van der Waals surface area contributed by atoms with Crippen LogP contribution in [0.3, 0.4) is 0 Å². The molecule has 24 heavy (non-hydrogen) atoms. The Morgan fingerprint density at radius 3 is 2.88 bits per heavy atom. The molecule has 2 N–H and O–H groups in total. The number of hydrogen-bond donors (Lipinski definition) is 1. The van der Waals surface area contributed by atoms with Gasteiger partial charge in [0.05, 0.1) is 26.4 Å². The quantitative estimate of drug-likeness (QED) is 0.853. The van der Waals surface area contributed by atoms with Crippen LogP contribution in [0.15, 0.2) is 23.2 Å². The number of rotatable bonds is 4. The van der Waals surface area contributed by atoms with Crippen molar-refractivity contribution in [2.24, 2.45) is 4.99 Å². The van der Waals surface area contributed by atoms with Crippen LogP contribution in [0.5, 0.6) is 5.88 Å². The van der Waals surface area contributed by atoms with Gasteiger partial charge >= 0.3 is 0 Å². The van der Waals surface area contributed by atoms with Gasteiger partial charge in [0.1, 0.15) is 11.6 Å². The van der Waals surface area contributed by atoms with Crippen molar-refractivity contribution < 1.29 is 9.47 Å². The number of anilines is 2. The summed E-state index contributed by atoms with van der Waals surface area (Å²) in [7, 11) is 1.54. The normalized spacial score (nSPS) is 17.6. The molecule has 1 fully saturated rings. The highest BCUT2D eigenvalue weighted by Crippen LogP contribution is 2.28. The highest BCUT2D eigenvalue weighted by Gasteiger charge is 2.22. The predicted molar refractivity (Wildman–Crippen MR) is 93.1 cm³/mol. The molecule has 8 nitrogen and oxygen atoms in total. The Balaban J connectivity index is 2.06. The molecule has 8 heteroatoms. The fourth-order valence-electron chi connectivity index (χ4n) is 2.61. The number of morpholine rings is 1. The number of aliphatic imine (C=N–C) groups is 1. The lowest BCUT2D eigenvalue weighted by Crippen LogP contribution is -2.44. The summed E-state index contributed by atoms with van der Waals surface area (Å²) < 4.78 is 10.7. The van der Waals surface area contributed by atoms with E-state index in [0.29, 0.717) is 42.1 Å². The van der Waals surface area contributed by atoms with Gasteiger partial charge in [0.15, 0.2) is 11.6 Å². The lowest BCUT2D eigenvalue weighted by Gasteiger charge is -2.34. The summed E-state index contributed by atoms with van der Waals surface area (Å²) in [6, 6.07) is 5.49. The van der Waals surface area contributed by atoms with Gasteiger partial charge in [-0.1, -0.05) is 0 Å². The van der Waals surface area contributed by atoms with Gasteiger partial charge in [0, 0.05) is 24.2 Å². The molecule has 0 aromatic carbocycles. The van der Waals surface area contributed by atoms with Crippen LogP contribution in [0.4, 0.5) is 17.5 Å². The third-order valence-electron chi connectivity index (χ3n) is 3.81. The zero-order valence-electron chi connectivity index (χ0n) is 13.8. The Morgan fingerprint density at radius 1 is 1.33 bits per heavy atom. The van der Waals surface area contributed by atoms with Crippen molar-refractivity contribution in [1.29, 1.82) is 0 Å². The van der Waals surface area contributed by atoms with Gasteiger partial charge in [0.2, 0.25) is 5.88 Å². The van der Waals surface area contributed by atoms with Gasteiger partial charge in [-0.3, -0.25) is 0 Å². The molecule has 1 aliphatic rings. The molecular weight excluding hydrogens is 308 g/mol. The maximum absolute atomic E-state index is 5.84. The minimum Gasteiger partial charge on any atom is -0.481 e. The smallest absolute Gasteiger partial charge is 0.215 e. The molecule has 0 bridgehead atoms. The molecule has 1 aliphatic heterocycles. The first-order valence-corrected chi connectivity index (χ1v) is 7.63. The van der Waals surface area contributed by atoms with Crippen molar-refractivity contribution in [2.75, 3.05) is 37.5 Å². The summed E-state index contributed by atoms with van der Waals surface area (Å²) in [6.45, 7) is 7.75. The van der Waals surface area contributed by atoms with E-state index in [-0.39, 0.29) is 6.04 Å². The van der Waals surface area contributed by atoms with Crippen LogP contribution in [0.2, 0.25) is 0 Å². The van der Waals surface area contributed by atoms with Gasteiger partial charge in [-0.2, -0.15) is 4.98 Å². The summed E-state index contributed by atoms with van der Waals surface area (Å²) in [6.07, 6.45) is 0. The predicted octanol–water partition coefficient (Wildman–Crippen LogP) is 1.69. The molecule has 0 aliphatic carbocycles. The number of nitrogens with two attached hydrogens (primary N) is 1. The molecular formula is C16H20N6O2. The number of nitrogens with zero attached hydrogens (tertiary/aromatic N) is 5. The number of pyridine rings is 1. The van der Waals surface area contributed by atoms with Gasteiger partial charge < -0.3 is 20.1 Å². The van der Waals surface area contributed by atoms with Gasteiger partial charge in [0.25, 0.3) is 0 Å². The second-order valence-electron chi connectivity index (χ2n) is 5.51. The molecule has 0 spiro atoms. The van der Waals surface area contributed by atoms with Crippen molar-refractivity contribution in [2.45, 2.75) is 13.0 Å². The molecule has 126 valence electrons. The van der Waals surface area contributed by atoms with E-state index >= 15 is 0 Å². The monoisotopic (exact) mass is 328 g/mol. The van der Waals surface area contributed by atoms with E-state index in [9.17, 15) is 0 Å². The van der Waals surface area contributed by atoms with E-state index in [1.165, 1.54) is 7.11 Å². The van der Waals surface area contributed by atoms with E-state index in [0.717, 1.165) is 12.4 Å². The van der Waals surface area contributed by atoms with E-state index in [1.54, 1.807) is 12.1 Å². The van der Waals surface area contributed by atoms with E-state index in [1.807, 2.05) is 6.07 Å². The highest BCUT2D eigenvalue weighted by atomic mass is 16.5. The largest absolute Gasteiger partial charge is 0.481 e. The molecule has 1 atom stereocenters. The van der Waals surface area contributed by atoms with Crippen molar-refractivity contribution in [1.82, 2.24) is 15.0 Å². The Morgan fingerprint density at radius 2 is 2.17 bits per heavy atom. The number of ether oxygens (including phenoxy) is 2. The minimum absolute atomic E-state index is 0.219. The van der Waals surface area contributed by atoms with Gasteiger partial charge in [-0.05, 0) is 19.7 Å². The minimum atomic E-state index is 0.219. The molecule has 2 aromatic rings. The van der Waals surface area contributed by atoms with Crippen LogP contribution in [0, 0.1) is 0 Å². The van der Waals surface area contributed by atoms with Crippen molar-refractivity contribution in [3.63, 3.8) is 0 Å². The molecule has 0 saturated carbocycles. The second kappa shape index (κ2) is 6.79. The Hall–Kier alpha value is -2.74. The third kappa shape index (κ3) is 3.28. The van der Waals surface area contributed by atoms with Crippen LogP contribution in [0.25, 0.3) is 11.4 Å². The molecule has 2 aromatic heterocycles. The first-order chi connectivity index (χ1) is 11.6. The van der Waals surface area contributed by atoms with E-state index in [2.05, 4.69) is 38.5 Å². The number of nitrogen functional groups attached to an aromatic ring is 1. The zero-order chi connectivity index (χ0) is 17.1. The lowest BCUT2D eigenvalue weighted by atomic mass is 10.2. The van der Waals surface area contributed by atoms with Crippen LogP contribution in [-0.4, -0.2) is 54.6 Å². The molecule has 3 rings (SSSR count). The third-order valence-corrected chi connectivity index (χ3v) is 3.81. The lowest BCUT2D eigenvalue weighted by molar-refractivity contribution is 0.0985. The molecule has 0 unspecified atom stereocenters.